The Morgan fingerprint density at radius 2 is 2.10 bits per heavy atom. The smallest absolute Gasteiger partial charge is 0.305 e. The average molecular weight is 310 g/mol. The lowest BCUT2D eigenvalue weighted by Gasteiger charge is -2.14. The van der Waals surface area contributed by atoms with E-state index >= 15 is 0 Å². The van der Waals surface area contributed by atoms with Crippen molar-refractivity contribution in [3.05, 3.63) is 35.6 Å². The van der Waals surface area contributed by atoms with E-state index in [1.54, 1.807) is 12.1 Å². The van der Waals surface area contributed by atoms with Crippen LogP contribution in [0.3, 0.4) is 0 Å². The van der Waals surface area contributed by atoms with Gasteiger partial charge in [0.05, 0.1) is 13.7 Å². The van der Waals surface area contributed by atoms with Gasteiger partial charge < -0.3 is 10.1 Å². The van der Waals surface area contributed by atoms with Gasteiger partial charge in [0.25, 0.3) is 5.91 Å². The molecule has 1 N–H and O–H groups in total. The molecule has 1 aromatic carbocycles. The van der Waals surface area contributed by atoms with Crippen LogP contribution in [0.5, 0.6) is 0 Å². The first-order chi connectivity index (χ1) is 10.0. The summed E-state index contributed by atoms with van der Waals surface area (Å²) in [5, 5.41) is 3.21. The number of rotatable bonds is 5. The molecule has 0 spiro atoms. The van der Waals surface area contributed by atoms with Crippen LogP contribution in [0.2, 0.25) is 0 Å². The maximum atomic E-state index is 12.9. The van der Waals surface area contributed by atoms with Crippen LogP contribution in [0.4, 0.5) is 4.39 Å². The minimum atomic E-state index is -0.517. The fourth-order valence-electron chi connectivity index (χ4n) is 2.06. The lowest BCUT2D eigenvalue weighted by molar-refractivity contribution is -0.140. The number of carbonyl (C=O) groups excluding carboxylic acids is 2. The summed E-state index contributed by atoms with van der Waals surface area (Å²) in [6.07, 6.45) is 0.471. The third-order valence-electron chi connectivity index (χ3n) is 3.23. The van der Waals surface area contributed by atoms with Gasteiger partial charge in [-0.25, -0.2) is 4.39 Å². The third kappa shape index (κ3) is 3.75. The van der Waals surface area contributed by atoms with Gasteiger partial charge in [-0.2, -0.15) is 0 Å². The summed E-state index contributed by atoms with van der Waals surface area (Å²) in [6.45, 7) is 0.277. The molecule has 7 heteroatoms. The number of esters is 1. The summed E-state index contributed by atoms with van der Waals surface area (Å²) in [7, 11) is 1.30. The van der Waals surface area contributed by atoms with Crippen LogP contribution < -0.4 is 5.32 Å². The Morgan fingerprint density at radius 3 is 2.71 bits per heavy atom. The van der Waals surface area contributed by atoms with Gasteiger partial charge in [-0.05, 0) is 36.3 Å². The number of hydrogen-bond donors (Lipinski definition) is 1. The highest BCUT2D eigenvalue weighted by Crippen LogP contribution is 2.15. The van der Waals surface area contributed by atoms with Crippen molar-refractivity contribution in [2.45, 2.75) is 25.4 Å². The van der Waals surface area contributed by atoms with E-state index in [0.717, 1.165) is 5.56 Å². The van der Waals surface area contributed by atoms with Gasteiger partial charge in [-0.15, -0.1) is 0 Å². The molecule has 0 saturated carbocycles. The van der Waals surface area contributed by atoms with Crippen molar-refractivity contribution in [2.75, 3.05) is 7.11 Å². The van der Waals surface area contributed by atoms with Gasteiger partial charge in [-0.1, -0.05) is 12.1 Å². The van der Waals surface area contributed by atoms with E-state index in [9.17, 15) is 14.0 Å². The van der Waals surface area contributed by atoms with Crippen LogP contribution in [0.25, 0.3) is 0 Å². The van der Waals surface area contributed by atoms with Crippen molar-refractivity contribution >= 4 is 29.2 Å². The molecule has 1 aliphatic heterocycles. The van der Waals surface area contributed by atoms with Gasteiger partial charge in [-0.3, -0.25) is 14.5 Å². The van der Waals surface area contributed by atoms with Crippen molar-refractivity contribution in [3.63, 3.8) is 0 Å². The van der Waals surface area contributed by atoms with Gasteiger partial charge in [0, 0.05) is 6.42 Å². The van der Waals surface area contributed by atoms with Crippen LogP contribution in [0.15, 0.2) is 24.3 Å². The molecule has 5 nitrogen and oxygen atoms in total. The van der Waals surface area contributed by atoms with E-state index in [-0.39, 0.29) is 30.7 Å². The number of amides is 1. The molecule has 1 fully saturated rings. The Balaban J connectivity index is 1.98. The zero-order valence-corrected chi connectivity index (χ0v) is 12.3. The van der Waals surface area contributed by atoms with E-state index in [1.165, 1.54) is 24.1 Å². The first-order valence-corrected chi connectivity index (χ1v) is 6.85. The third-order valence-corrected chi connectivity index (χ3v) is 3.56. The van der Waals surface area contributed by atoms with E-state index in [0.29, 0.717) is 11.5 Å². The van der Waals surface area contributed by atoms with Crippen LogP contribution in [-0.4, -0.2) is 35.0 Å². The predicted octanol–water partition coefficient (Wildman–Crippen LogP) is 1.36. The van der Waals surface area contributed by atoms with E-state index < -0.39 is 6.04 Å². The van der Waals surface area contributed by atoms with Gasteiger partial charge in [0.2, 0.25) is 0 Å². The highest BCUT2D eigenvalue weighted by atomic mass is 32.1. The number of nitrogens with zero attached hydrogens (tertiary/aromatic N) is 1. The normalized spacial score (nSPS) is 17.8. The van der Waals surface area contributed by atoms with Crippen LogP contribution >= 0.6 is 12.2 Å². The summed E-state index contributed by atoms with van der Waals surface area (Å²) in [5.41, 5.74) is 0.780. The topological polar surface area (TPSA) is 58.6 Å². The molecular formula is C14H15FN2O3S. The average Bonchev–Trinajstić information content (AvgIpc) is 2.74. The second-order valence-electron chi connectivity index (χ2n) is 4.67. The minimum Gasteiger partial charge on any atom is -0.469 e. The lowest BCUT2D eigenvalue weighted by Crippen LogP contribution is -2.31. The lowest BCUT2D eigenvalue weighted by atomic mass is 10.1. The molecule has 1 aromatic rings. The summed E-state index contributed by atoms with van der Waals surface area (Å²) < 4.78 is 17.4. The highest BCUT2D eigenvalue weighted by Gasteiger charge is 2.35. The standard InChI is InChI=1S/C14H15FN2O3S/c1-20-12(18)7-6-11-13(19)17(14(21)16-11)8-9-2-4-10(15)5-3-9/h2-5,11H,6-8H2,1H3,(H,16,21)/t11-/m0/s1. The van der Waals surface area contributed by atoms with Crippen molar-refractivity contribution in [1.29, 1.82) is 0 Å². The Bertz CT molecular complexity index is 562. The number of thiocarbonyl (C=S) groups is 1. The molecule has 1 atom stereocenters. The highest BCUT2D eigenvalue weighted by molar-refractivity contribution is 7.80. The maximum Gasteiger partial charge on any atom is 0.305 e. The molecule has 112 valence electrons. The van der Waals surface area contributed by atoms with Gasteiger partial charge in [0.15, 0.2) is 5.11 Å². The SMILES string of the molecule is COC(=O)CC[C@@H]1NC(=S)N(Cc2ccc(F)cc2)C1=O. The van der Waals surface area contributed by atoms with Crippen LogP contribution in [-0.2, 0) is 20.9 Å². The molecule has 1 amide bonds. The molecule has 0 aromatic heterocycles. The largest absolute Gasteiger partial charge is 0.469 e. The second-order valence-corrected chi connectivity index (χ2v) is 5.05. The van der Waals surface area contributed by atoms with Crippen molar-refractivity contribution in [3.8, 4) is 0 Å². The number of nitrogens with one attached hydrogen (secondary N) is 1. The fraction of sp³-hybridized carbons (Fsp3) is 0.357. The molecule has 0 aliphatic carbocycles. The molecule has 1 saturated heterocycles. The zero-order valence-electron chi connectivity index (χ0n) is 11.5. The summed E-state index contributed by atoms with van der Waals surface area (Å²) in [6, 6.07) is 5.36. The molecule has 1 aliphatic rings. The minimum absolute atomic E-state index is 0.146. The van der Waals surface area contributed by atoms with Crippen molar-refractivity contribution in [2.24, 2.45) is 0 Å². The van der Waals surface area contributed by atoms with Crippen LogP contribution in [0.1, 0.15) is 18.4 Å². The molecule has 0 bridgehead atoms. The Labute approximate surface area is 127 Å². The molecule has 2 rings (SSSR count). The zero-order chi connectivity index (χ0) is 15.4. The quantitative estimate of drug-likeness (QED) is 0.657. The van der Waals surface area contributed by atoms with Crippen molar-refractivity contribution < 1.29 is 18.7 Å². The molecule has 0 radical (unpaired) electrons. The van der Waals surface area contributed by atoms with E-state index in [1.807, 2.05) is 0 Å². The Hall–Kier alpha value is -2.02. The number of carbonyl (C=O) groups is 2. The molecule has 0 unspecified atom stereocenters. The summed E-state index contributed by atoms with van der Waals surface area (Å²) in [4.78, 5) is 24.8. The Morgan fingerprint density at radius 1 is 1.43 bits per heavy atom. The Kier molecular flexibility index (Phi) is 4.85. The molecule has 21 heavy (non-hydrogen) atoms. The summed E-state index contributed by atoms with van der Waals surface area (Å²) >= 11 is 5.13. The van der Waals surface area contributed by atoms with Crippen molar-refractivity contribution in [1.82, 2.24) is 10.2 Å². The summed E-state index contributed by atoms with van der Waals surface area (Å²) in [5.74, 6) is -0.885. The van der Waals surface area contributed by atoms with Crippen LogP contribution in [0, 0.1) is 5.82 Å². The monoisotopic (exact) mass is 310 g/mol. The molecular weight excluding hydrogens is 295 g/mol. The number of hydrogen-bond acceptors (Lipinski definition) is 4. The fourth-order valence-corrected chi connectivity index (χ4v) is 2.36. The predicted molar refractivity (Wildman–Crippen MR) is 77.7 cm³/mol. The number of ether oxygens (including phenoxy) is 1. The number of methoxy groups -OCH3 is 1. The first-order valence-electron chi connectivity index (χ1n) is 6.44. The number of benzene rings is 1. The van der Waals surface area contributed by atoms with E-state index in [2.05, 4.69) is 10.1 Å². The first kappa shape index (κ1) is 15.4. The number of halogens is 1. The van der Waals surface area contributed by atoms with Gasteiger partial charge >= 0.3 is 5.97 Å². The second kappa shape index (κ2) is 6.62. The van der Waals surface area contributed by atoms with Gasteiger partial charge in [0.1, 0.15) is 11.9 Å². The van der Waals surface area contributed by atoms with E-state index in [4.69, 9.17) is 12.2 Å². The maximum absolute atomic E-state index is 12.9. The molecule has 1 heterocycles.